The first-order valence-electron chi connectivity index (χ1n) is 6.62. The molecule has 0 spiro atoms. The highest BCUT2D eigenvalue weighted by molar-refractivity contribution is 7.52. The number of hydrogen-bond donors (Lipinski definition) is 0. The van der Waals surface area contributed by atoms with E-state index in [1.54, 1.807) is 0 Å². The van der Waals surface area contributed by atoms with E-state index in [-0.39, 0.29) is 6.16 Å². The van der Waals surface area contributed by atoms with Gasteiger partial charge in [-0.05, 0) is 23.3 Å². The fourth-order valence-corrected chi connectivity index (χ4v) is 3.08. The highest BCUT2D eigenvalue weighted by Crippen LogP contribution is 2.50. The van der Waals surface area contributed by atoms with Gasteiger partial charge in [-0.25, -0.2) is 0 Å². The molecule has 4 nitrogen and oxygen atoms in total. The van der Waals surface area contributed by atoms with Crippen LogP contribution < -0.4 is 4.74 Å². The van der Waals surface area contributed by atoms with E-state index in [0.29, 0.717) is 6.61 Å². The molecule has 0 aliphatic carbocycles. The molecule has 0 aliphatic heterocycles. The van der Waals surface area contributed by atoms with Crippen LogP contribution in [0.2, 0.25) is 0 Å². The Hall–Kier alpha value is -1.61. The van der Waals surface area contributed by atoms with Crippen molar-refractivity contribution in [1.29, 1.82) is 0 Å². The highest BCUT2D eigenvalue weighted by Gasteiger charge is 2.23. The Morgan fingerprint density at radius 2 is 1.43 bits per heavy atom. The second kappa shape index (κ2) is 7.41. The second-order valence-electron chi connectivity index (χ2n) is 4.50. The maximum absolute atomic E-state index is 12.3. The van der Waals surface area contributed by atoms with Crippen LogP contribution in [-0.4, -0.2) is 14.2 Å². The van der Waals surface area contributed by atoms with Crippen LogP contribution in [0.15, 0.2) is 54.6 Å². The summed E-state index contributed by atoms with van der Waals surface area (Å²) in [4.78, 5) is 0. The Kier molecular flexibility index (Phi) is 5.57. The van der Waals surface area contributed by atoms with Gasteiger partial charge in [0.25, 0.3) is 0 Å². The Labute approximate surface area is 125 Å². The number of hydrogen-bond acceptors (Lipinski definition) is 4. The summed E-state index contributed by atoms with van der Waals surface area (Å²) in [6.45, 7) is 0.410. The van der Waals surface area contributed by atoms with Crippen molar-refractivity contribution in [2.24, 2.45) is 0 Å². The van der Waals surface area contributed by atoms with Crippen LogP contribution in [0.25, 0.3) is 0 Å². The standard InChI is InChI=1S/C16H19O4P/c1-18-21(17,19-2)13-15-9-7-6-8-14(15)12-20-16-10-4-3-5-11-16/h3-11H,12-13H2,1-2H3. The molecule has 0 saturated carbocycles. The lowest BCUT2D eigenvalue weighted by molar-refractivity contribution is 0.274. The molecular formula is C16H19O4P. The van der Waals surface area contributed by atoms with Crippen molar-refractivity contribution in [2.45, 2.75) is 12.8 Å². The average molecular weight is 306 g/mol. The number of ether oxygens (including phenoxy) is 1. The molecule has 0 fully saturated rings. The van der Waals surface area contributed by atoms with Crippen molar-refractivity contribution in [1.82, 2.24) is 0 Å². The van der Waals surface area contributed by atoms with Gasteiger partial charge in [0.1, 0.15) is 12.4 Å². The summed E-state index contributed by atoms with van der Waals surface area (Å²) >= 11 is 0. The van der Waals surface area contributed by atoms with Crippen molar-refractivity contribution in [3.63, 3.8) is 0 Å². The minimum atomic E-state index is -3.08. The van der Waals surface area contributed by atoms with Crippen molar-refractivity contribution < 1.29 is 18.3 Å². The van der Waals surface area contributed by atoms with Gasteiger partial charge in [0, 0.05) is 14.2 Å². The fraction of sp³-hybridized carbons (Fsp3) is 0.250. The van der Waals surface area contributed by atoms with E-state index in [2.05, 4.69) is 0 Å². The van der Waals surface area contributed by atoms with E-state index in [0.717, 1.165) is 16.9 Å². The highest BCUT2D eigenvalue weighted by atomic mass is 31.2. The van der Waals surface area contributed by atoms with E-state index in [1.165, 1.54) is 14.2 Å². The molecule has 5 heteroatoms. The van der Waals surface area contributed by atoms with Gasteiger partial charge in [0.15, 0.2) is 0 Å². The van der Waals surface area contributed by atoms with E-state index in [9.17, 15) is 4.57 Å². The SMILES string of the molecule is COP(=O)(Cc1ccccc1COc1ccccc1)OC. The molecule has 0 heterocycles. The van der Waals surface area contributed by atoms with Gasteiger partial charge in [-0.2, -0.15) is 0 Å². The summed E-state index contributed by atoms with van der Waals surface area (Å²) in [7, 11) is -0.289. The number of para-hydroxylation sites is 1. The molecule has 0 N–H and O–H groups in total. The zero-order valence-corrected chi connectivity index (χ0v) is 13.1. The quantitative estimate of drug-likeness (QED) is 0.717. The Bertz CT molecular complexity index is 605. The van der Waals surface area contributed by atoms with Gasteiger partial charge in [0.2, 0.25) is 0 Å². The first-order valence-corrected chi connectivity index (χ1v) is 8.35. The van der Waals surface area contributed by atoms with Crippen LogP contribution in [0, 0.1) is 0 Å². The normalized spacial score (nSPS) is 11.3. The Morgan fingerprint density at radius 3 is 2.05 bits per heavy atom. The third-order valence-electron chi connectivity index (χ3n) is 3.18. The topological polar surface area (TPSA) is 44.8 Å². The molecule has 0 unspecified atom stereocenters. The van der Waals surface area contributed by atoms with Crippen LogP contribution >= 0.6 is 7.60 Å². The van der Waals surface area contributed by atoms with Crippen LogP contribution in [0.3, 0.4) is 0 Å². The molecule has 2 aromatic carbocycles. The zero-order chi connectivity index (χ0) is 15.1. The lowest BCUT2D eigenvalue weighted by Crippen LogP contribution is -2.02. The molecule has 0 saturated heterocycles. The molecule has 0 amide bonds. The monoisotopic (exact) mass is 306 g/mol. The van der Waals surface area contributed by atoms with E-state index >= 15 is 0 Å². The zero-order valence-electron chi connectivity index (χ0n) is 12.2. The van der Waals surface area contributed by atoms with Gasteiger partial charge >= 0.3 is 7.60 Å². The summed E-state index contributed by atoms with van der Waals surface area (Å²) in [6, 6.07) is 17.3. The fourth-order valence-electron chi connectivity index (χ4n) is 1.94. The smallest absolute Gasteiger partial charge is 0.334 e. The third-order valence-corrected chi connectivity index (χ3v) is 5.02. The van der Waals surface area contributed by atoms with E-state index in [1.807, 2.05) is 54.6 Å². The van der Waals surface area contributed by atoms with E-state index < -0.39 is 7.60 Å². The van der Waals surface area contributed by atoms with Crippen molar-refractivity contribution >= 4 is 7.60 Å². The first kappa shape index (κ1) is 15.8. The maximum Gasteiger partial charge on any atom is 0.334 e. The summed E-state index contributed by atoms with van der Waals surface area (Å²) in [6.07, 6.45) is 0.230. The second-order valence-corrected chi connectivity index (χ2v) is 6.77. The van der Waals surface area contributed by atoms with Crippen molar-refractivity contribution in [3.05, 3.63) is 65.7 Å². The molecule has 2 aromatic rings. The first-order chi connectivity index (χ1) is 10.2. The van der Waals surface area contributed by atoms with Gasteiger partial charge in [-0.1, -0.05) is 42.5 Å². The van der Waals surface area contributed by atoms with Crippen LogP contribution in [-0.2, 0) is 26.4 Å². The third kappa shape index (κ3) is 4.43. The largest absolute Gasteiger partial charge is 0.489 e. The van der Waals surface area contributed by atoms with Gasteiger partial charge in [-0.15, -0.1) is 0 Å². The Balaban J connectivity index is 2.12. The molecule has 0 bridgehead atoms. The summed E-state index contributed by atoms with van der Waals surface area (Å²) in [5.74, 6) is 0.800. The number of rotatable bonds is 7. The lowest BCUT2D eigenvalue weighted by Gasteiger charge is -2.16. The Morgan fingerprint density at radius 1 is 0.857 bits per heavy atom. The van der Waals surface area contributed by atoms with Crippen molar-refractivity contribution in [3.8, 4) is 5.75 Å². The minimum Gasteiger partial charge on any atom is -0.489 e. The van der Waals surface area contributed by atoms with Gasteiger partial charge < -0.3 is 13.8 Å². The molecule has 2 rings (SSSR count). The summed E-state index contributed by atoms with van der Waals surface area (Å²) in [5, 5.41) is 0. The average Bonchev–Trinajstić information content (AvgIpc) is 2.55. The summed E-state index contributed by atoms with van der Waals surface area (Å²) < 4.78 is 28.0. The predicted octanol–water partition coefficient (Wildman–Crippen LogP) is 4.25. The molecule has 0 aromatic heterocycles. The molecule has 21 heavy (non-hydrogen) atoms. The van der Waals surface area contributed by atoms with Crippen molar-refractivity contribution in [2.75, 3.05) is 14.2 Å². The van der Waals surface area contributed by atoms with Crippen LogP contribution in [0.1, 0.15) is 11.1 Å². The summed E-state index contributed by atoms with van der Waals surface area (Å²) in [5.41, 5.74) is 1.87. The minimum absolute atomic E-state index is 0.230. The molecule has 0 aliphatic rings. The molecule has 112 valence electrons. The van der Waals surface area contributed by atoms with Crippen LogP contribution in [0.4, 0.5) is 0 Å². The van der Waals surface area contributed by atoms with Gasteiger partial charge in [0.05, 0.1) is 6.16 Å². The number of benzene rings is 2. The van der Waals surface area contributed by atoms with Crippen LogP contribution in [0.5, 0.6) is 5.75 Å². The van der Waals surface area contributed by atoms with E-state index in [4.69, 9.17) is 13.8 Å². The molecule has 0 radical (unpaired) electrons. The van der Waals surface area contributed by atoms with Gasteiger partial charge in [-0.3, -0.25) is 4.57 Å². The lowest BCUT2D eigenvalue weighted by atomic mass is 10.1. The maximum atomic E-state index is 12.3. The molecule has 0 atom stereocenters. The molecular weight excluding hydrogens is 287 g/mol. The predicted molar refractivity (Wildman–Crippen MR) is 82.5 cm³/mol.